The van der Waals surface area contributed by atoms with Crippen molar-refractivity contribution in [3.05, 3.63) is 65.2 Å². The lowest BCUT2D eigenvalue weighted by Crippen LogP contribution is -2.26. The van der Waals surface area contributed by atoms with Crippen molar-refractivity contribution >= 4 is 17.6 Å². The van der Waals surface area contributed by atoms with Crippen LogP contribution < -0.4 is 4.90 Å². The summed E-state index contributed by atoms with van der Waals surface area (Å²) in [5.74, 6) is -1.86. The maximum atomic E-state index is 11.3. The molecule has 0 amide bonds. The summed E-state index contributed by atoms with van der Waals surface area (Å²) >= 11 is 0. The number of anilines is 1. The smallest absolute Gasteiger partial charge is 0.336 e. The minimum atomic E-state index is -0.983. The Morgan fingerprint density at radius 2 is 1.78 bits per heavy atom. The first-order valence-corrected chi connectivity index (χ1v) is 7.32. The van der Waals surface area contributed by atoms with E-state index in [1.807, 2.05) is 36.1 Å². The number of carboxylic acids is 2. The Kier molecular flexibility index (Phi) is 5.36. The highest BCUT2D eigenvalue weighted by atomic mass is 16.4. The molecule has 0 aromatic heterocycles. The highest BCUT2D eigenvalue weighted by molar-refractivity contribution is 5.89. The van der Waals surface area contributed by atoms with E-state index in [-0.39, 0.29) is 12.0 Å². The van der Waals surface area contributed by atoms with Gasteiger partial charge in [0.1, 0.15) is 0 Å². The molecule has 2 rings (SSSR count). The Morgan fingerprint density at radius 3 is 2.43 bits per heavy atom. The minimum absolute atomic E-state index is 0.0107. The van der Waals surface area contributed by atoms with E-state index in [4.69, 9.17) is 5.11 Å². The van der Waals surface area contributed by atoms with Gasteiger partial charge in [-0.3, -0.25) is 4.79 Å². The van der Waals surface area contributed by atoms with Gasteiger partial charge in [0.2, 0.25) is 0 Å². The molecule has 0 fully saturated rings. The van der Waals surface area contributed by atoms with E-state index in [9.17, 15) is 14.7 Å². The van der Waals surface area contributed by atoms with Gasteiger partial charge in [-0.05, 0) is 36.2 Å². The van der Waals surface area contributed by atoms with E-state index in [2.05, 4.69) is 0 Å². The van der Waals surface area contributed by atoms with Crippen LogP contribution in [0.3, 0.4) is 0 Å². The lowest BCUT2D eigenvalue weighted by molar-refractivity contribution is -0.136. The summed E-state index contributed by atoms with van der Waals surface area (Å²) in [6, 6.07) is 14.5. The number of rotatable bonds is 7. The van der Waals surface area contributed by atoms with Crippen LogP contribution in [0, 0.1) is 6.92 Å². The summed E-state index contributed by atoms with van der Waals surface area (Å²) in [5, 5.41) is 18.3. The Bertz CT molecular complexity index is 712. The van der Waals surface area contributed by atoms with E-state index in [0.29, 0.717) is 18.7 Å². The molecule has 23 heavy (non-hydrogen) atoms. The van der Waals surface area contributed by atoms with Crippen LogP contribution in [-0.4, -0.2) is 28.7 Å². The molecule has 0 aliphatic heterocycles. The summed E-state index contributed by atoms with van der Waals surface area (Å²) in [6.07, 6.45) is -0.0107. The second-order valence-electron chi connectivity index (χ2n) is 5.37. The Hall–Kier alpha value is -2.82. The van der Waals surface area contributed by atoms with Crippen LogP contribution in [0.2, 0.25) is 0 Å². The highest BCUT2D eigenvalue weighted by Crippen LogP contribution is 2.21. The van der Waals surface area contributed by atoms with Gasteiger partial charge < -0.3 is 15.1 Å². The number of aromatic carboxylic acids is 1. The maximum Gasteiger partial charge on any atom is 0.336 e. The van der Waals surface area contributed by atoms with Gasteiger partial charge in [-0.25, -0.2) is 4.79 Å². The number of aryl methyl sites for hydroxylation is 1. The van der Waals surface area contributed by atoms with Crippen LogP contribution >= 0.6 is 0 Å². The monoisotopic (exact) mass is 313 g/mol. The van der Waals surface area contributed by atoms with Crippen molar-refractivity contribution in [2.75, 3.05) is 11.4 Å². The Labute approximate surface area is 134 Å². The molecule has 2 aromatic carbocycles. The topological polar surface area (TPSA) is 77.8 Å². The molecule has 5 heteroatoms. The van der Waals surface area contributed by atoms with Gasteiger partial charge in [-0.2, -0.15) is 0 Å². The van der Waals surface area contributed by atoms with Gasteiger partial charge in [0.25, 0.3) is 0 Å². The number of carbonyl (C=O) groups is 2. The van der Waals surface area contributed by atoms with Gasteiger partial charge in [0.05, 0.1) is 12.0 Å². The molecule has 0 saturated heterocycles. The number of hydrogen-bond acceptors (Lipinski definition) is 3. The third-order valence-electron chi connectivity index (χ3n) is 3.57. The third kappa shape index (κ3) is 4.57. The molecule has 0 radical (unpaired) electrons. The van der Waals surface area contributed by atoms with Crippen molar-refractivity contribution in [1.29, 1.82) is 0 Å². The van der Waals surface area contributed by atoms with Crippen LogP contribution in [0.1, 0.15) is 27.9 Å². The Morgan fingerprint density at radius 1 is 1.04 bits per heavy atom. The summed E-state index contributed by atoms with van der Waals surface area (Å²) in [5.41, 5.74) is 2.84. The van der Waals surface area contributed by atoms with Crippen molar-refractivity contribution in [1.82, 2.24) is 0 Å². The average Bonchev–Trinajstić information content (AvgIpc) is 2.51. The van der Waals surface area contributed by atoms with Gasteiger partial charge >= 0.3 is 11.9 Å². The predicted octanol–water partition coefficient (Wildman–Crippen LogP) is 3.17. The second kappa shape index (κ2) is 7.45. The molecule has 0 spiro atoms. The zero-order valence-corrected chi connectivity index (χ0v) is 12.9. The van der Waals surface area contributed by atoms with Crippen LogP contribution in [0.5, 0.6) is 0 Å². The highest BCUT2D eigenvalue weighted by Gasteiger charge is 2.14. The molecule has 0 atom stereocenters. The van der Waals surface area contributed by atoms with Crippen LogP contribution in [0.25, 0.3) is 0 Å². The normalized spacial score (nSPS) is 10.3. The van der Waals surface area contributed by atoms with Gasteiger partial charge in [0.15, 0.2) is 0 Å². The molecule has 2 N–H and O–H groups in total. The quantitative estimate of drug-likeness (QED) is 0.821. The standard InChI is InChI=1S/C18H19NO4/c1-13-5-4-7-15(11-13)19(10-9-17(20)21)12-14-6-2-3-8-16(14)18(22)23/h2-8,11H,9-10,12H2,1H3,(H,20,21)(H,22,23). The molecule has 0 aliphatic rings. The largest absolute Gasteiger partial charge is 0.481 e. The zero-order chi connectivity index (χ0) is 16.8. The molecule has 0 aliphatic carbocycles. The van der Waals surface area contributed by atoms with E-state index in [1.54, 1.807) is 24.3 Å². The first-order chi connectivity index (χ1) is 11.0. The molecular formula is C18H19NO4. The van der Waals surface area contributed by atoms with Crippen molar-refractivity contribution in [2.45, 2.75) is 19.9 Å². The zero-order valence-electron chi connectivity index (χ0n) is 12.9. The minimum Gasteiger partial charge on any atom is -0.481 e. The first-order valence-electron chi connectivity index (χ1n) is 7.32. The molecular weight excluding hydrogens is 294 g/mol. The van der Waals surface area contributed by atoms with Crippen LogP contribution in [-0.2, 0) is 11.3 Å². The van der Waals surface area contributed by atoms with Crippen molar-refractivity contribution in [3.8, 4) is 0 Å². The summed E-state index contributed by atoms with van der Waals surface area (Å²) in [4.78, 5) is 24.1. The number of nitrogens with zero attached hydrogens (tertiary/aromatic N) is 1. The second-order valence-corrected chi connectivity index (χ2v) is 5.37. The number of aliphatic carboxylic acids is 1. The SMILES string of the molecule is Cc1cccc(N(CCC(=O)O)Cc2ccccc2C(=O)O)c1. The fraction of sp³-hybridized carbons (Fsp3) is 0.222. The van der Waals surface area contributed by atoms with Crippen molar-refractivity contribution < 1.29 is 19.8 Å². The average molecular weight is 313 g/mol. The fourth-order valence-corrected chi connectivity index (χ4v) is 2.43. The van der Waals surface area contributed by atoms with E-state index in [0.717, 1.165) is 11.3 Å². The first kappa shape index (κ1) is 16.5. The number of benzene rings is 2. The predicted molar refractivity (Wildman–Crippen MR) is 87.9 cm³/mol. The molecule has 0 bridgehead atoms. The third-order valence-corrected chi connectivity index (χ3v) is 3.57. The number of hydrogen-bond donors (Lipinski definition) is 2. The van der Waals surface area contributed by atoms with Gasteiger partial charge in [0, 0.05) is 18.8 Å². The number of carboxylic acid groups (broad SMARTS) is 2. The van der Waals surface area contributed by atoms with Crippen LogP contribution in [0.15, 0.2) is 48.5 Å². The van der Waals surface area contributed by atoms with Crippen molar-refractivity contribution in [2.24, 2.45) is 0 Å². The molecule has 2 aromatic rings. The van der Waals surface area contributed by atoms with Crippen molar-refractivity contribution in [3.63, 3.8) is 0 Å². The molecule has 5 nitrogen and oxygen atoms in total. The molecule has 0 unspecified atom stereocenters. The van der Waals surface area contributed by atoms with E-state index in [1.165, 1.54) is 0 Å². The lowest BCUT2D eigenvalue weighted by Gasteiger charge is -2.25. The molecule has 0 saturated carbocycles. The van der Waals surface area contributed by atoms with Gasteiger partial charge in [-0.15, -0.1) is 0 Å². The summed E-state index contributed by atoms with van der Waals surface area (Å²) < 4.78 is 0. The Balaban J connectivity index is 2.31. The maximum absolute atomic E-state index is 11.3. The van der Waals surface area contributed by atoms with E-state index < -0.39 is 11.9 Å². The fourth-order valence-electron chi connectivity index (χ4n) is 2.43. The van der Waals surface area contributed by atoms with Crippen LogP contribution in [0.4, 0.5) is 5.69 Å². The summed E-state index contributed by atoms with van der Waals surface area (Å²) in [6.45, 7) is 2.62. The molecule has 120 valence electrons. The van der Waals surface area contributed by atoms with Gasteiger partial charge in [-0.1, -0.05) is 30.3 Å². The van der Waals surface area contributed by atoms with E-state index >= 15 is 0 Å². The lowest BCUT2D eigenvalue weighted by atomic mass is 10.1. The molecule has 0 heterocycles. The summed E-state index contributed by atoms with van der Waals surface area (Å²) in [7, 11) is 0.